The van der Waals surface area contributed by atoms with Crippen LogP contribution in [0, 0.1) is 13.8 Å². The van der Waals surface area contributed by atoms with Crippen LogP contribution in [0.2, 0.25) is 0 Å². The second kappa shape index (κ2) is 10.4. The molecule has 2 aromatic rings. The van der Waals surface area contributed by atoms with Gasteiger partial charge in [0.1, 0.15) is 11.8 Å². The van der Waals surface area contributed by atoms with Crippen LogP contribution in [-0.4, -0.2) is 48.2 Å². The summed E-state index contributed by atoms with van der Waals surface area (Å²) in [6.45, 7) is 5.74. The molecule has 0 saturated heterocycles. The Bertz CT molecular complexity index is 1020. The summed E-state index contributed by atoms with van der Waals surface area (Å²) in [6, 6.07) is 6.16. The zero-order chi connectivity index (χ0) is 23.1. The molecular formula is C23H26N2O6. The molecule has 0 saturated carbocycles. The number of ether oxygens (including phenoxy) is 2. The number of aryl methyl sites for hydroxylation is 1. The quantitative estimate of drug-likeness (QED) is 0.362. The van der Waals surface area contributed by atoms with Crippen LogP contribution in [0.1, 0.15) is 51.5 Å². The van der Waals surface area contributed by atoms with Gasteiger partial charge in [0, 0.05) is 17.3 Å². The number of hydrogen-bond donors (Lipinski definition) is 2. The van der Waals surface area contributed by atoms with Crippen molar-refractivity contribution in [3.05, 3.63) is 58.4 Å². The molecule has 2 N–H and O–H groups in total. The molecule has 8 heteroatoms. The summed E-state index contributed by atoms with van der Waals surface area (Å²) in [4.78, 5) is 51.1. The predicted molar refractivity (Wildman–Crippen MR) is 115 cm³/mol. The molecule has 1 aromatic heterocycles. The third-order valence-electron chi connectivity index (χ3n) is 4.67. The van der Waals surface area contributed by atoms with Gasteiger partial charge >= 0.3 is 5.97 Å². The molecule has 0 unspecified atom stereocenters. The van der Waals surface area contributed by atoms with E-state index >= 15 is 0 Å². The van der Waals surface area contributed by atoms with E-state index in [1.165, 1.54) is 19.9 Å². The zero-order valence-corrected chi connectivity index (χ0v) is 18.2. The number of esters is 1. The average Bonchev–Trinajstić information content (AvgIpc) is 3.04. The number of rotatable bonds is 9. The fourth-order valence-electron chi connectivity index (χ4n) is 3.10. The van der Waals surface area contributed by atoms with E-state index in [-0.39, 0.29) is 11.5 Å². The Hall–Kier alpha value is -3.68. The monoisotopic (exact) mass is 426 g/mol. The van der Waals surface area contributed by atoms with Gasteiger partial charge in [-0.1, -0.05) is 12.1 Å². The standard InChI is InChI=1S/C23H26N2O6/c1-13-21(16(4)26)14(2)25-22(13)19(27)12-31-23(29)15(3)24-20(28)11-8-17-6-9-18(30-5)10-7-17/h6-11,15,25H,12H2,1-5H3,(H,24,28)/t15-/m0/s1. The Morgan fingerprint density at radius 3 is 2.32 bits per heavy atom. The van der Waals surface area contributed by atoms with Gasteiger partial charge in [0.05, 0.1) is 12.8 Å². The van der Waals surface area contributed by atoms with E-state index in [2.05, 4.69) is 10.3 Å². The molecule has 0 aliphatic carbocycles. The van der Waals surface area contributed by atoms with Crippen molar-refractivity contribution in [2.24, 2.45) is 0 Å². The topological polar surface area (TPSA) is 115 Å². The Kier molecular flexibility index (Phi) is 7.90. The summed E-state index contributed by atoms with van der Waals surface area (Å²) in [6.07, 6.45) is 2.89. The number of carbonyl (C=O) groups is 4. The van der Waals surface area contributed by atoms with Crippen LogP contribution in [-0.2, 0) is 14.3 Å². The number of Topliss-reactive ketones (excluding diaryl/α,β-unsaturated/α-hetero) is 2. The lowest BCUT2D eigenvalue weighted by atomic mass is 10.1. The molecule has 164 valence electrons. The number of carbonyl (C=O) groups excluding carboxylic acids is 4. The van der Waals surface area contributed by atoms with Gasteiger partial charge in [0.15, 0.2) is 12.4 Å². The van der Waals surface area contributed by atoms with Gasteiger partial charge in [-0.3, -0.25) is 14.4 Å². The van der Waals surface area contributed by atoms with Crippen LogP contribution in [0.4, 0.5) is 0 Å². The molecule has 2 rings (SSSR count). The molecular weight excluding hydrogens is 400 g/mol. The number of aromatic nitrogens is 1. The number of methoxy groups -OCH3 is 1. The SMILES string of the molecule is COc1ccc(C=CC(=O)N[C@@H](C)C(=O)OCC(=O)c2[nH]c(C)c(C(C)=O)c2C)cc1. The summed E-state index contributed by atoms with van der Waals surface area (Å²) in [5.74, 6) is -1.13. The van der Waals surface area contributed by atoms with Crippen LogP contribution >= 0.6 is 0 Å². The maximum absolute atomic E-state index is 12.4. The fourth-order valence-corrected chi connectivity index (χ4v) is 3.10. The number of H-pyrrole nitrogens is 1. The van der Waals surface area contributed by atoms with Crippen molar-refractivity contribution in [2.45, 2.75) is 33.7 Å². The fraction of sp³-hybridized carbons (Fsp3) is 0.304. The van der Waals surface area contributed by atoms with Crippen LogP contribution in [0.15, 0.2) is 30.3 Å². The maximum Gasteiger partial charge on any atom is 0.328 e. The number of hydrogen-bond acceptors (Lipinski definition) is 6. The molecule has 0 radical (unpaired) electrons. The summed E-state index contributed by atoms with van der Waals surface area (Å²) in [5.41, 5.74) is 2.59. The second-order valence-corrected chi connectivity index (χ2v) is 7.05. The Balaban J connectivity index is 1.88. The molecule has 0 fully saturated rings. The van der Waals surface area contributed by atoms with Crippen molar-refractivity contribution in [3.8, 4) is 5.75 Å². The van der Waals surface area contributed by atoms with Gasteiger partial charge in [0.25, 0.3) is 0 Å². The Morgan fingerprint density at radius 2 is 1.77 bits per heavy atom. The summed E-state index contributed by atoms with van der Waals surface area (Å²) >= 11 is 0. The second-order valence-electron chi connectivity index (χ2n) is 7.05. The molecule has 8 nitrogen and oxygen atoms in total. The minimum absolute atomic E-state index is 0.152. The first-order valence-corrected chi connectivity index (χ1v) is 9.66. The summed E-state index contributed by atoms with van der Waals surface area (Å²) < 4.78 is 10.1. The molecule has 1 aromatic carbocycles. The number of aromatic amines is 1. The number of benzene rings is 1. The van der Waals surface area contributed by atoms with Crippen LogP contribution in [0.5, 0.6) is 5.75 Å². The first kappa shape index (κ1) is 23.6. The van der Waals surface area contributed by atoms with Crippen LogP contribution in [0.25, 0.3) is 6.08 Å². The highest BCUT2D eigenvalue weighted by atomic mass is 16.5. The highest BCUT2D eigenvalue weighted by Crippen LogP contribution is 2.19. The van der Waals surface area contributed by atoms with E-state index in [0.717, 1.165) is 5.56 Å². The van der Waals surface area contributed by atoms with Crippen LogP contribution in [0.3, 0.4) is 0 Å². The highest BCUT2D eigenvalue weighted by Gasteiger charge is 2.22. The lowest BCUT2D eigenvalue weighted by Crippen LogP contribution is -2.39. The highest BCUT2D eigenvalue weighted by molar-refractivity contribution is 6.04. The molecule has 0 bridgehead atoms. The van der Waals surface area contributed by atoms with E-state index in [1.54, 1.807) is 51.3 Å². The largest absolute Gasteiger partial charge is 0.497 e. The third kappa shape index (κ3) is 6.15. The molecule has 0 aliphatic heterocycles. The minimum Gasteiger partial charge on any atom is -0.497 e. The molecule has 0 spiro atoms. The third-order valence-corrected chi connectivity index (χ3v) is 4.67. The van der Waals surface area contributed by atoms with Gasteiger partial charge in [-0.2, -0.15) is 0 Å². The Morgan fingerprint density at radius 1 is 1.13 bits per heavy atom. The van der Waals surface area contributed by atoms with Gasteiger partial charge in [-0.05, 0) is 57.0 Å². The van der Waals surface area contributed by atoms with Gasteiger partial charge in [0.2, 0.25) is 11.7 Å². The van der Waals surface area contributed by atoms with Crippen molar-refractivity contribution in [1.82, 2.24) is 10.3 Å². The molecule has 31 heavy (non-hydrogen) atoms. The summed E-state index contributed by atoms with van der Waals surface area (Å²) in [7, 11) is 1.57. The maximum atomic E-state index is 12.4. The normalized spacial score (nSPS) is 11.8. The number of ketones is 2. The number of nitrogens with one attached hydrogen (secondary N) is 2. The smallest absolute Gasteiger partial charge is 0.328 e. The molecule has 1 atom stereocenters. The van der Waals surface area contributed by atoms with E-state index in [1.807, 2.05) is 0 Å². The lowest BCUT2D eigenvalue weighted by molar-refractivity contribution is -0.145. The van der Waals surface area contributed by atoms with E-state index in [4.69, 9.17) is 9.47 Å². The van der Waals surface area contributed by atoms with Crippen molar-refractivity contribution < 1.29 is 28.7 Å². The molecule has 1 heterocycles. The molecule has 1 amide bonds. The van der Waals surface area contributed by atoms with Gasteiger partial charge < -0.3 is 19.8 Å². The minimum atomic E-state index is -0.944. The zero-order valence-electron chi connectivity index (χ0n) is 18.2. The van der Waals surface area contributed by atoms with Crippen molar-refractivity contribution in [1.29, 1.82) is 0 Å². The first-order valence-electron chi connectivity index (χ1n) is 9.66. The Labute approximate surface area is 180 Å². The van der Waals surface area contributed by atoms with E-state index < -0.39 is 30.3 Å². The van der Waals surface area contributed by atoms with Crippen molar-refractivity contribution in [3.63, 3.8) is 0 Å². The number of amides is 1. The van der Waals surface area contributed by atoms with Crippen molar-refractivity contribution in [2.75, 3.05) is 13.7 Å². The van der Waals surface area contributed by atoms with Crippen molar-refractivity contribution >= 4 is 29.5 Å². The predicted octanol–water partition coefficient (Wildman–Crippen LogP) is 2.79. The van der Waals surface area contributed by atoms with E-state index in [9.17, 15) is 19.2 Å². The average molecular weight is 426 g/mol. The van der Waals surface area contributed by atoms with E-state index in [0.29, 0.717) is 22.6 Å². The summed E-state index contributed by atoms with van der Waals surface area (Å²) in [5, 5.41) is 2.49. The lowest BCUT2D eigenvalue weighted by Gasteiger charge is -2.12. The van der Waals surface area contributed by atoms with Gasteiger partial charge in [-0.15, -0.1) is 0 Å². The molecule has 0 aliphatic rings. The first-order chi connectivity index (χ1) is 14.6. The van der Waals surface area contributed by atoms with Crippen LogP contribution < -0.4 is 10.1 Å². The van der Waals surface area contributed by atoms with Gasteiger partial charge in [-0.25, -0.2) is 4.79 Å².